The number of piperidine rings is 1. The lowest BCUT2D eigenvalue weighted by atomic mass is 10.1. The van der Waals surface area contributed by atoms with Crippen LogP contribution < -0.4 is 15.4 Å². The third-order valence-corrected chi connectivity index (χ3v) is 5.72. The van der Waals surface area contributed by atoms with Crippen molar-refractivity contribution >= 4 is 29.3 Å². The Morgan fingerprint density at radius 1 is 1.33 bits per heavy atom. The molecule has 3 heterocycles. The number of furan rings is 1. The van der Waals surface area contributed by atoms with Crippen molar-refractivity contribution in [2.45, 2.75) is 45.7 Å². The number of benzene rings is 1. The Morgan fingerprint density at radius 2 is 2.07 bits per heavy atom. The smallest absolute Gasteiger partial charge is 0.274 e. The van der Waals surface area contributed by atoms with Gasteiger partial charge in [-0.25, -0.2) is 4.68 Å². The molecule has 0 spiro atoms. The van der Waals surface area contributed by atoms with Gasteiger partial charge in [-0.1, -0.05) is 5.21 Å². The van der Waals surface area contributed by atoms with E-state index in [9.17, 15) is 4.79 Å². The molecule has 1 amide bonds. The Kier molecular flexibility index (Phi) is 6.67. The Balaban J connectivity index is 0.00000256. The number of carbonyl (C=O) groups is 1. The van der Waals surface area contributed by atoms with Crippen LogP contribution in [0.3, 0.4) is 0 Å². The predicted molar refractivity (Wildman–Crippen MR) is 117 cm³/mol. The van der Waals surface area contributed by atoms with Crippen molar-refractivity contribution in [3.8, 4) is 5.75 Å². The molecule has 162 valence electrons. The van der Waals surface area contributed by atoms with Crippen LogP contribution in [-0.4, -0.2) is 41.1 Å². The summed E-state index contributed by atoms with van der Waals surface area (Å²) >= 11 is 0. The van der Waals surface area contributed by atoms with Crippen LogP contribution in [0.5, 0.6) is 5.75 Å². The van der Waals surface area contributed by atoms with Gasteiger partial charge in [0.1, 0.15) is 17.1 Å². The predicted octanol–water partition coefficient (Wildman–Crippen LogP) is 3.49. The minimum atomic E-state index is -0.302. The van der Waals surface area contributed by atoms with Crippen molar-refractivity contribution in [2.24, 2.45) is 0 Å². The zero-order valence-corrected chi connectivity index (χ0v) is 18.5. The molecule has 1 aliphatic heterocycles. The van der Waals surface area contributed by atoms with Crippen molar-refractivity contribution in [3.63, 3.8) is 0 Å². The summed E-state index contributed by atoms with van der Waals surface area (Å²) in [5, 5.41) is 15.7. The first-order chi connectivity index (χ1) is 14.0. The second kappa shape index (κ2) is 9.06. The number of amides is 1. The molecule has 30 heavy (non-hydrogen) atoms. The summed E-state index contributed by atoms with van der Waals surface area (Å²) in [6.07, 6.45) is 1.98. The molecule has 1 aliphatic rings. The van der Waals surface area contributed by atoms with E-state index in [1.807, 2.05) is 43.7 Å². The first-order valence-electron chi connectivity index (χ1n) is 10.00. The third-order valence-electron chi connectivity index (χ3n) is 5.72. The number of nitrogens with one attached hydrogen (secondary N) is 2. The molecule has 2 aromatic heterocycles. The summed E-state index contributed by atoms with van der Waals surface area (Å²) < 4.78 is 13.2. The second-order valence-electron chi connectivity index (χ2n) is 7.60. The van der Waals surface area contributed by atoms with Crippen molar-refractivity contribution in [1.29, 1.82) is 0 Å². The number of methoxy groups -OCH3 is 1. The monoisotopic (exact) mass is 433 g/mol. The topological polar surface area (TPSA) is 94.2 Å². The van der Waals surface area contributed by atoms with Crippen molar-refractivity contribution in [2.75, 3.05) is 20.2 Å². The molecule has 1 aromatic carbocycles. The number of aryl methyl sites for hydroxylation is 1. The number of aromatic nitrogens is 3. The number of halogens is 1. The number of hydrogen-bond donors (Lipinski definition) is 2. The highest BCUT2D eigenvalue weighted by Gasteiger charge is 2.25. The fraction of sp³-hybridized carbons (Fsp3) is 0.476. The third kappa shape index (κ3) is 4.02. The van der Waals surface area contributed by atoms with Gasteiger partial charge in [0.25, 0.3) is 5.91 Å². The fourth-order valence-electron chi connectivity index (χ4n) is 4.04. The van der Waals surface area contributed by atoms with Crippen LogP contribution in [0.25, 0.3) is 11.0 Å². The lowest BCUT2D eigenvalue weighted by molar-refractivity contribution is 0.0929. The summed E-state index contributed by atoms with van der Waals surface area (Å²) in [6.45, 7) is 7.71. The van der Waals surface area contributed by atoms with E-state index < -0.39 is 0 Å². The Bertz CT molecular complexity index is 1040. The lowest BCUT2D eigenvalue weighted by Gasteiger charge is -2.23. The van der Waals surface area contributed by atoms with Gasteiger partial charge < -0.3 is 19.8 Å². The number of rotatable bonds is 5. The summed E-state index contributed by atoms with van der Waals surface area (Å²) in [4.78, 5) is 12.9. The van der Waals surface area contributed by atoms with Gasteiger partial charge in [0.2, 0.25) is 0 Å². The first kappa shape index (κ1) is 22.1. The highest BCUT2D eigenvalue weighted by Crippen LogP contribution is 2.32. The molecule has 1 atom stereocenters. The van der Waals surface area contributed by atoms with Gasteiger partial charge in [0.15, 0.2) is 5.69 Å². The number of ether oxygens (including phenoxy) is 1. The summed E-state index contributed by atoms with van der Waals surface area (Å²) in [6, 6.07) is 5.68. The SMILES string of the molecule is COc1ccc2oc(C(C)NC(=O)c3nnn(C4CCNCC4)c3C)c(C)c2c1.Cl. The molecule has 3 aromatic rings. The first-order valence-corrected chi connectivity index (χ1v) is 10.00. The number of hydrogen-bond acceptors (Lipinski definition) is 6. The normalized spacial score (nSPS) is 15.6. The van der Waals surface area contributed by atoms with Gasteiger partial charge in [-0.2, -0.15) is 0 Å². The van der Waals surface area contributed by atoms with E-state index in [1.54, 1.807) is 7.11 Å². The summed E-state index contributed by atoms with van der Waals surface area (Å²) in [7, 11) is 1.64. The zero-order chi connectivity index (χ0) is 20.5. The van der Waals surface area contributed by atoms with Crippen molar-refractivity contribution in [1.82, 2.24) is 25.6 Å². The molecule has 0 saturated carbocycles. The van der Waals surface area contributed by atoms with E-state index in [-0.39, 0.29) is 30.4 Å². The molecular weight excluding hydrogens is 406 g/mol. The highest BCUT2D eigenvalue weighted by atomic mass is 35.5. The van der Waals surface area contributed by atoms with Crippen LogP contribution in [0.15, 0.2) is 22.6 Å². The van der Waals surface area contributed by atoms with Crippen molar-refractivity contribution < 1.29 is 13.9 Å². The maximum atomic E-state index is 12.9. The van der Waals surface area contributed by atoms with E-state index in [4.69, 9.17) is 9.15 Å². The molecule has 0 aliphatic carbocycles. The van der Waals surface area contributed by atoms with Crippen LogP contribution in [0, 0.1) is 13.8 Å². The second-order valence-corrected chi connectivity index (χ2v) is 7.60. The molecular formula is C21H28ClN5O3. The molecule has 1 saturated heterocycles. The van der Waals surface area contributed by atoms with E-state index >= 15 is 0 Å². The number of nitrogens with zero attached hydrogens (tertiary/aromatic N) is 3. The fourth-order valence-corrected chi connectivity index (χ4v) is 4.04. The van der Waals surface area contributed by atoms with E-state index in [0.717, 1.165) is 59.7 Å². The average molecular weight is 434 g/mol. The molecule has 0 bridgehead atoms. The Morgan fingerprint density at radius 3 is 2.77 bits per heavy atom. The number of carbonyl (C=O) groups excluding carboxylic acids is 1. The van der Waals surface area contributed by atoms with Crippen molar-refractivity contribution in [3.05, 3.63) is 40.9 Å². The van der Waals surface area contributed by atoms with Crippen LogP contribution >= 0.6 is 12.4 Å². The quantitative estimate of drug-likeness (QED) is 0.639. The van der Waals surface area contributed by atoms with E-state index in [0.29, 0.717) is 5.69 Å². The molecule has 2 N–H and O–H groups in total. The molecule has 8 nitrogen and oxygen atoms in total. The minimum absolute atomic E-state index is 0. The average Bonchev–Trinajstić information content (AvgIpc) is 3.28. The molecule has 0 radical (unpaired) electrons. The maximum Gasteiger partial charge on any atom is 0.274 e. The van der Waals surface area contributed by atoms with Gasteiger partial charge in [-0.15, -0.1) is 17.5 Å². The summed E-state index contributed by atoms with van der Waals surface area (Å²) in [5.74, 6) is 1.26. The van der Waals surface area contributed by atoms with E-state index in [1.165, 1.54) is 0 Å². The van der Waals surface area contributed by atoms with Gasteiger partial charge in [-0.05, 0) is 64.9 Å². The largest absolute Gasteiger partial charge is 0.497 e. The standard InChI is InChI=1S/C21H27N5O3.ClH/c1-12-17-11-16(28-4)5-6-18(17)29-20(12)13(2)23-21(27)19-14(3)26(25-24-19)15-7-9-22-10-8-15;/h5-6,11,13,15,22H,7-10H2,1-4H3,(H,23,27);1H. The zero-order valence-electron chi connectivity index (χ0n) is 17.7. The van der Waals surface area contributed by atoms with Crippen LogP contribution in [0.1, 0.15) is 59.4 Å². The van der Waals surface area contributed by atoms with Gasteiger partial charge >= 0.3 is 0 Å². The maximum absolute atomic E-state index is 12.9. The van der Waals surface area contributed by atoms with Crippen LogP contribution in [0.4, 0.5) is 0 Å². The minimum Gasteiger partial charge on any atom is -0.497 e. The molecule has 1 fully saturated rings. The Labute approximate surface area is 181 Å². The Hall–Kier alpha value is -2.58. The lowest BCUT2D eigenvalue weighted by Crippen LogP contribution is -2.31. The molecule has 4 rings (SSSR count). The molecule has 1 unspecified atom stereocenters. The molecule has 9 heteroatoms. The highest BCUT2D eigenvalue weighted by molar-refractivity contribution is 5.93. The van der Waals surface area contributed by atoms with Crippen LogP contribution in [0.2, 0.25) is 0 Å². The van der Waals surface area contributed by atoms with Gasteiger partial charge in [0, 0.05) is 10.9 Å². The van der Waals surface area contributed by atoms with Gasteiger partial charge in [0.05, 0.1) is 24.9 Å². The summed E-state index contributed by atoms with van der Waals surface area (Å²) in [5.41, 5.74) is 2.92. The van der Waals surface area contributed by atoms with Crippen LogP contribution in [-0.2, 0) is 0 Å². The van der Waals surface area contributed by atoms with E-state index in [2.05, 4.69) is 20.9 Å². The number of fused-ring (bicyclic) bond motifs is 1. The van der Waals surface area contributed by atoms with Gasteiger partial charge in [-0.3, -0.25) is 4.79 Å².